The fourth-order valence-electron chi connectivity index (χ4n) is 3.77. The van der Waals surface area contributed by atoms with Gasteiger partial charge in [-0.25, -0.2) is 8.78 Å². The molecule has 1 aliphatic carbocycles. The van der Waals surface area contributed by atoms with Crippen molar-refractivity contribution in [1.29, 1.82) is 0 Å². The highest BCUT2D eigenvalue weighted by Gasteiger charge is 2.67. The number of carbonyl (C=O) groups is 2. The summed E-state index contributed by atoms with van der Waals surface area (Å²) in [5.41, 5.74) is 0.359. The number of anilines is 2. The van der Waals surface area contributed by atoms with E-state index in [0.717, 1.165) is 12.1 Å². The number of benzene rings is 3. The molecule has 11 heteroatoms. The predicted octanol–water partition coefficient (Wildman–Crippen LogP) is 8.01. The first kappa shape index (κ1) is 26.0. The van der Waals surface area contributed by atoms with Crippen molar-refractivity contribution >= 4 is 81.2 Å². The SMILES string of the molecule is Cc1c(F)ccc(NC(=O)c2cc(NC(=O)[C@@H]3[C@@H](c4cc(Cl)cc(Cl)c4)C3(Cl)Cl)ccc2Cl)c1F. The zero-order valence-electron chi connectivity index (χ0n) is 17.7. The fraction of sp³-hybridized carbons (Fsp3) is 0.167. The largest absolute Gasteiger partial charge is 0.326 e. The van der Waals surface area contributed by atoms with Crippen molar-refractivity contribution in [1.82, 2.24) is 0 Å². The van der Waals surface area contributed by atoms with E-state index in [9.17, 15) is 18.4 Å². The lowest BCUT2D eigenvalue weighted by Crippen LogP contribution is -2.18. The number of hydrogen-bond acceptors (Lipinski definition) is 2. The topological polar surface area (TPSA) is 58.2 Å². The van der Waals surface area contributed by atoms with Crippen molar-refractivity contribution in [2.45, 2.75) is 17.2 Å². The highest BCUT2D eigenvalue weighted by atomic mass is 35.5. The summed E-state index contributed by atoms with van der Waals surface area (Å²) in [6.07, 6.45) is 0. The molecule has 3 aromatic rings. The molecule has 0 aromatic heterocycles. The molecule has 3 aromatic carbocycles. The summed E-state index contributed by atoms with van der Waals surface area (Å²) in [6.45, 7) is 1.25. The van der Waals surface area contributed by atoms with E-state index < -0.39 is 39.6 Å². The average Bonchev–Trinajstić information content (AvgIpc) is 3.36. The Morgan fingerprint density at radius 2 is 1.57 bits per heavy atom. The molecule has 0 heterocycles. The molecule has 35 heavy (non-hydrogen) atoms. The molecule has 0 bridgehead atoms. The van der Waals surface area contributed by atoms with E-state index in [1.54, 1.807) is 18.2 Å². The van der Waals surface area contributed by atoms with Crippen LogP contribution in [0.15, 0.2) is 48.5 Å². The van der Waals surface area contributed by atoms with Crippen LogP contribution < -0.4 is 10.6 Å². The Hall–Kier alpha value is -2.09. The van der Waals surface area contributed by atoms with E-state index in [-0.39, 0.29) is 27.5 Å². The Morgan fingerprint density at radius 1 is 0.914 bits per heavy atom. The van der Waals surface area contributed by atoms with Gasteiger partial charge in [0.15, 0.2) is 5.82 Å². The molecule has 2 atom stereocenters. The van der Waals surface area contributed by atoms with Gasteiger partial charge in [0, 0.05) is 27.2 Å². The second-order valence-electron chi connectivity index (χ2n) is 8.00. The number of halogens is 7. The molecule has 1 fully saturated rings. The van der Waals surface area contributed by atoms with Crippen molar-refractivity contribution in [3.05, 3.63) is 91.9 Å². The minimum Gasteiger partial charge on any atom is -0.326 e. The maximum absolute atomic E-state index is 14.3. The van der Waals surface area contributed by atoms with Crippen molar-refractivity contribution < 1.29 is 18.4 Å². The van der Waals surface area contributed by atoms with Gasteiger partial charge in [-0.1, -0.05) is 34.8 Å². The van der Waals surface area contributed by atoms with Crippen molar-refractivity contribution in [3.8, 4) is 0 Å². The molecule has 1 aliphatic rings. The second-order valence-corrected chi connectivity index (χ2v) is 10.7. The van der Waals surface area contributed by atoms with E-state index in [0.29, 0.717) is 15.6 Å². The molecular weight excluding hydrogens is 564 g/mol. The molecule has 1 saturated carbocycles. The molecule has 0 radical (unpaired) electrons. The zero-order valence-corrected chi connectivity index (χ0v) is 21.5. The third-order valence-electron chi connectivity index (χ3n) is 5.63. The monoisotopic (exact) mass is 576 g/mol. The van der Waals surface area contributed by atoms with Crippen LogP contribution in [0.5, 0.6) is 0 Å². The van der Waals surface area contributed by atoms with E-state index in [1.807, 2.05) is 0 Å². The van der Waals surface area contributed by atoms with Gasteiger partial charge in [0.05, 0.1) is 22.2 Å². The summed E-state index contributed by atoms with van der Waals surface area (Å²) in [6, 6.07) is 11.2. The summed E-state index contributed by atoms with van der Waals surface area (Å²) in [5, 5.41) is 5.84. The average molecular weight is 579 g/mol. The maximum atomic E-state index is 14.3. The maximum Gasteiger partial charge on any atom is 0.257 e. The smallest absolute Gasteiger partial charge is 0.257 e. The van der Waals surface area contributed by atoms with E-state index in [4.69, 9.17) is 58.0 Å². The first-order valence-corrected chi connectivity index (χ1v) is 12.0. The number of carbonyl (C=O) groups excluding carboxylic acids is 2. The molecule has 0 unspecified atom stereocenters. The van der Waals surface area contributed by atoms with Gasteiger partial charge < -0.3 is 10.6 Å². The van der Waals surface area contributed by atoms with Crippen molar-refractivity contribution in [2.24, 2.45) is 5.92 Å². The van der Waals surface area contributed by atoms with Crippen LogP contribution in [-0.4, -0.2) is 16.1 Å². The molecular formula is C24H15Cl5F2N2O2. The highest BCUT2D eigenvalue weighted by molar-refractivity contribution is 6.53. The van der Waals surface area contributed by atoms with Gasteiger partial charge in [-0.3, -0.25) is 9.59 Å². The first-order chi connectivity index (χ1) is 16.4. The third kappa shape index (κ3) is 5.23. The highest BCUT2D eigenvalue weighted by Crippen LogP contribution is 2.65. The molecule has 2 amide bonds. The van der Waals surface area contributed by atoms with Crippen LogP contribution in [0.3, 0.4) is 0 Å². The Bertz CT molecular complexity index is 1350. The fourth-order valence-corrected chi connectivity index (χ4v) is 5.34. The van der Waals surface area contributed by atoms with Gasteiger partial charge in [0.1, 0.15) is 10.2 Å². The quantitative estimate of drug-likeness (QED) is 0.301. The van der Waals surface area contributed by atoms with Crippen LogP contribution >= 0.6 is 58.0 Å². The standard InChI is InChI=1S/C24H15Cl5F2N2O2/c1-10-17(30)4-5-18(21(10)31)33-22(34)15-9-14(2-3-16(15)27)32-23(35)20-19(24(20,28)29)11-6-12(25)8-13(26)7-11/h2-9,19-20H,1H3,(H,32,35)(H,33,34)/t19-,20+/m1/s1. The van der Waals surface area contributed by atoms with Crippen LogP contribution in [0.1, 0.15) is 27.4 Å². The Balaban J connectivity index is 1.52. The van der Waals surface area contributed by atoms with Crippen molar-refractivity contribution in [3.63, 3.8) is 0 Å². The van der Waals surface area contributed by atoms with E-state index in [1.165, 1.54) is 25.1 Å². The van der Waals surface area contributed by atoms with Gasteiger partial charge in [-0.2, -0.15) is 0 Å². The predicted molar refractivity (Wildman–Crippen MR) is 136 cm³/mol. The molecule has 4 rings (SSSR count). The number of hydrogen-bond donors (Lipinski definition) is 2. The van der Waals surface area contributed by atoms with E-state index in [2.05, 4.69) is 10.6 Å². The molecule has 2 N–H and O–H groups in total. The van der Waals surface area contributed by atoms with Crippen LogP contribution in [0, 0.1) is 24.5 Å². The second kappa shape index (κ2) is 9.75. The van der Waals surface area contributed by atoms with Crippen LogP contribution in [0.2, 0.25) is 15.1 Å². The normalized spacial score (nSPS) is 18.2. The van der Waals surface area contributed by atoms with Gasteiger partial charge in [-0.05, 0) is 61.0 Å². The van der Waals surface area contributed by atoms with Gasteiger partial charge in [-0.15, -0.1) is 23.2 Å². The first-order valence-electron chi connectivity index (χ1n) is 10.1. The van der Waals surface area contributed by atoms with E-state index >= 15 is 0 Å². The lowest BCUT2D eigenvalue weighted by molar-refractivity contribution is -0.117. The molecule has 0 aliphatic heterocycles. The minimum absolute atomic E-state index is 0.0391. The Labute approximate surface area is 224 Å². The molecule has 4 nitrogen and oxygen atoms in total. The summed E-state index contributed by atoms with van der Waals surface area (Å²) in [4.78, 5) is 25.7. The Kier molecular flexibility index (Phi) is 7.24. The van der Waals surface area contributed by atoms with Gasteiger partial charge in [0.25, 0.3) is 5.91 Å². The number of rotatable bonds is 5. The summed E-state index contributed by atoms with van der Waals surface area (Å²) < 4.78 is 26.4. The van der Waals surface area contributed by atoms with Gasteiger partial charge >= 0.3 is 0 Å². The zero-order chi connectivity index (χ0) is 25.7. The molecule has 182 valence electrons. The molecule has 0 saturated heterocycles. The minimum atomic E-state index is -1.39. The number of amides is 2. The van der Waals surface area contributed by atoms with Crippen LogP contribution in [0.4, 0.5) is 20.2 Å². The summed E-state index contributed by atoms with van der Waals surface area (Å²) >= 11 is 31.0. The van der Waals surface area contributed by atoms with Crippen LogP contribution in [-0.2, 0) is 4.79 Å². The van der Waals surface area contributed by atoms with Crippen molar-refractivity contribution in [2.75, 3.05) is 10.6 Å². The number of alkyl halides is 2. The summed E-state index contributed by atoms with van der Waals surface area (Å²) in [5.74, 6) is -4.26. The lowest BCUT2D eigenvalue weighted by atomic mass is 10.1. The Morgan fingerprint density at radius 3 is 2.23 bits per heavy atom. The lowest BCUT2D eigenvalue weighted by Gasteiger charge is -2.12. The van der Waals surface area contributed by atoms with Crippen LogP contribution in [0.25, 0.3) is 0 Å². The molecule has 0 spiro atoms. The number of nitrogens with one attached hydrogen (secondary N) is 2. The third-order valence-corrected chi connectivity index (χ3v) is 7.33. The summed E-state index contributed by atoms with van der Waals surface area (Å²) in [7, 11) is 0. The van der Waals surface area contributed by atoms with Gasteiger partial charge in [0.2, 0.25) is 5.91 Å².